The maximum absolute atomic E-state index is 15.0. The lowest BCUT2D eigenvalue weighted by Gasteiger charge is -2.41. The molecule has 4 rings (SSSR count). The van der Waals surface area contributed by atoms with Crippen LogP contribution in [0.4, 0.5) is 15.2 Å². The fourth-order valence-electron chi connectivity index (χ4n) is 4.64. The predicted molar refractivity (Wildman–Crippen MR) is 137 cm³/mol. The van der Waals surface area contributed by atoms with Crippen LogP contribution in [0.1, 0.15) is 36.3 Å². The van der Waals surface area contributed by atoms with E-state index in [4.69, 9.17) is 11.6 Å². The van der Waals surface area contributed by atoms with Gasteiger partial charge in [-0.05, 0) is 63.9 Å². The van der Waals surface area contributed by atoms with Crippen LogP contribution in [-0.4, -0.2) is 44.5 Å². The van der Waals surface area contributed by atoms with Crippen molar-refractivity contribution in [1.82, 2.24) is 9.88 Å². The summed E-state index contributed by atoms with van der Waals surface area (Å²) >= 11 is 7.57. The van der Waals surface area contributed by atoms with Gasteiger partial charge in [0, 0.05) is 23.7 Å². The summed E-state index contributed by atoms with van der Waals surface area (Å²) in [6.07, 6.45) is 4.36. The summed E-state index contributed by atoms with van der Waals surface area (Å²) in [5.41, 5.74) is 2.91. The Morgan fingerprint density at radius 3 is 2.68 bits per heavy atom. The van der Waals surface area contributed by atoms with E-state index in [1.807, 2.05) is 14.1 Å². The van der Waals surface area contributed by atoms with Gasteiger partial charge in [0.05, 0.1) is 10.7 Å². The van der Waals surface area contributed by atoms with E-state index in [1.165, 1.54) is 23.4 Å². The van der Waals surface area contributed by atoms with Crippen LogP contribution < -0.4 is 10.0 Å². The lowest BCUT2D eigenvalue weighted by atomic mass is 9.78. The van der Waals surface area contributed by atoms with Crippen molar-refractivity contribution in [2.45, 2.75) is 49.1 Å². The number of nitrogens with one attached hydrogen (secondary N) is 2. The SMILES string of the molecule is Cc1cccc([C@H]2CC[C@H](N(C)C)[C@@H](Nc3cc(F)c(S(=O)(=O)Nc4nccs4)cc3Cl)C2)c1. The minimum atomic E-state index is -4.16. The highest BCUT2D eigenvalue weighted by molar-refractivity contribution is 7.93. The number of rotatable bonds is 7. The molecule has 0 radical (unpaired) electrons. The van der Waals surface area contributed by atoms with Crippen molar-refractivity contribution < 1.29 is 12.8 Å². The Balaban J connectivity index is 1.58. The van der Waals surface area contributed by atoms with Crippen molar-refractivity contribution >= 4 is 43.8 Å². The van der Waals surface area contributed by atoms with E-state index >= 15 is 4.39 Å². The fraction of sp³-hybridized carbons (Fsp3) is 0.375. The van der Waals surface area contributed by atoms with Crippen molar-refractivity contribution in [3.63, 3.8) is 0 Å². The maximum atomic E-state index is 15.0. The van der Waals surface area contributed by atoms with Gasteiger partial charge in [0.15, 0.2) is 5.13 Å². The first-order chi connectivity index (χ1) is 16.1. The average Bonchev–Trinajstić information content (AvgIpc) is 3.28. The van der Waals surface area contributed by atoms with Gasteiger partial charge in [0.25, 0.3) is 10.0 Å². The Hall–Kier alpha value is -2.20. The van der Waals surface area contributed by atoms with E-state index in [1.54, 1.807) is 5.38 Å². The van der Waals surface area contributed by atoms with Gasteiger partial charge in [-0.25, -0.2) is 17.8 Å². The molecular formula is C24H28ClFN4O2S2. The lowest BCUT2D eigenvalue weighted by Crippen LogP contribution is -2.47. The van der Waals surface area contributed by atoms with Crippen LogP contribution in [0, 0.1) is 12.7 Å². The molecule has 6 nitrogen and oxygen atoms in total. The van der Waals surface area contributed by atoms with E-state index in [2.05, 4.69) is 51.1 Å². The number of nitrogens with zero attached hydrogens (tertiary/aromatic N) is 2. The molecule has 182 valence electrons. The van der Waals surface area contributed by atoms with Gasteiger partial charge in [0.2, 0.25) is 0 Å². The highest BCUT2D eigenvalue weighted by atomic mass is 35.5. The third kappa shape index (κ3) is 5.54. The minimum absolute atomic E-state index is 0.0158. The van der Waals surface area contributed by atoms with Gasteiger partial charge in [0.1, 0.15) is 10.7 Å². The molecule has 3 atom stereocenters. The second-order valence-corrected chi connectivity index (χ2v) is 11.9. The van der Waals surface area contributed by atoms with Gasteiger partial charge < -0.3 is 10.2 Å². The molecule has 0 unspecified atom stereocenters. The summed E-state index contributed by atoms with van der Waals surface area (Å²) in [7, 11) is -0.0845. The van der Waals surface area contributed by atoms with Crippen molar-refractivity contribution in [1.29, 1.82) is 0 Å². The van der Waals surface area contributed by atoms with Crippen LogP contribution in [0.5, 0.6) is 0 Å². The van der Waals surface area contributed by atoms with Crippen LogP contribution in [0.15, 0.2) is 52.9 Å². The Kier molecular flexibility index (Phi) is 7.47. The number of aromatic nitrogens is 1. The number of halogens is 2. The first kappa shape index (κ1) is 24.9. The number of anilines is 2. The van der Waals surface area contributed by atoms with E-state index in [0.29, 0.717) is 11.6 Å². The zero-order chi connectivity index (χ0) is 24.5. The second-order valence-electron chi connectivity index (χ2n) is 8.91. The minimum Gasteiger partial charge on any atom is -0.379 e. The molecule has 10 heteroatoms. The van der Waals surface area contributed by atoms with E-state index in [9.17, 15) is 8.42 Å². The molecule has 0 saturated heterocycles. The summed E-state index contributed by atoms with van der Waals surface area (Å²) in [6, 6.07) is 11.1. The third-order valence-corrected chi connectivity index (χ3v) is 8.78. The Labute approximate surface area is 209 Å². The van der Waals surface area contributed by atoms with Crippen LogP contribution in [0.25, 0.3) is 0 Å². The summed E-state index contributed by atoms with van der Waals surface area (Å²) in [5.74, 6) is -0.497. The molecule has 3 aromatic rings. The molecule has 1 aromatic heterocycles. The third-order valence-electron chi connectivity index (χ3n) is 6.30. The monoisotopic (exact) mass is 522 g/mol. The lowest BCUT2D eigenvalue weighted by molar-refractivity contribution is 0.199. The first-order valence-corrected chi connectivity index (χ1v) is 13.8. The fourth-order valence-corrected chi connectivity index (χ4v) is 6.80. The zero-order valence-corrected chi connectivity index (χ0v) is 21.6. The predicted octanol–water partition coefficient (Wildman–Crippen LogP) is 5.72. The molecule has 0 spiro atoms. The van der Waals surface area contributed by atoms with E-state index in [0.717, 1.165) is 36.7 Å². The van der Waals surface area contributed by atoms with Gasteiger partial charge >= 0.3 is 0 Å². The van der Waals surface area contributed by atoms with E-state index in [-0.39, 0.29) is 22.2 Å². The molecular weight excluding hydrogens is 495 g/mol. The van der Waals surface area contributed by atoms with Gasteiger partial charge in [-0.1, -0.05) is 41.4 Å². The highest BCUT2D eigenvalue weighted by Crippen LogP contribution is 2.38. The summed E-state index contributed by atoms with van der Waals surface area (Å²) in [6.45, 7) is 2.09. The van der Waals surface area contributed by atoms with Crippen LogP contribution in [-0.2, 0) is 10.0 Å². The zero-order valence-electron chi connectivity index (χ0n) is 19.3. The van der Waals surface area contributed by atoms with Crippen molar-refractivity contribution in [2.24, 2.45) is 0 Å². The molecule has 1 aliphatic rings. The largest absolute Gasteiger partial charge is 0.379 e. The summed E-state index contributed by atoms with van der Waals surface area (Å²) in [5, 5.41) is 5.36. The molecule has 1 heterocycles. The Morgan fingerprint density at radius 1 is 1.21 bits per heavy atom. The van der Waals surface area contributed by atoms with Crippen LogP contribution in [0.3, 0.4) is 0 Å². The molecule has 2 aromatic carbocycles. The number of hydrogen-bond donors (Lipinski definition) is 2. The van der Waals surface area contributed by atoms with Crippen molar-refractivity contribution in [3.8, 4) is 0 Å². The first-order valence-electron chi connectivity index (χ1n) is 11.0. The normalized spacial score (nSPS) is 20.9. The molecule has 0 bridgehead atoms. The average molecular weight is 523 g/mol. The molecule has 0 amide bonds. The Morgan fingerprint density at radius 2 is 2.00 bits per heavy atom. The van der Waals surface area contributed by atoms with Gasteiger partial charge in [-0.15, -0.1) is 11.3 Å². The number of sulfonamides is 1. The number of aryl methyl sites for hydroxylation is 1. The summed E-state index contributed by atoms with van der Waals surface area (Å²) in [4.78, 5) is 5.55. The van der Waals surface area contributed by atoms with Crippen LogP contribution in [0.2, 0.25) is 5.02 Å². The van der Waals surface area contributed by atoms with E-state index < -0.39 is 20.7 Å². The highest BCUT2D eigenvalue weighted by Gasteiger charge is 2.33. The molecule has 1 fully saturated rings. The molecule has 34 heavy (non-hydrogen) atoms. The second kappa shape index (κ2) is 10.2. The molecule has 1 saturated carbocycles. The molecule has 1 aliphatic carbocycles. The molecule has 2 N–H and O–H groups in total. The topological polar surface area (TPSA) is 74.3 Å². The molecule has 0 aliphatic heterocycles. The van der Waals surface area contributed by atoms with Crippen molar-refractivity contribution in [2.75, 3.05) is 24.1 Å². The number of thiazole rings is 1. The van der Waals surface area contributed by atoms with Gasteiger partial charge in [-0.2, -0.15) is 0 Å². The number of likely N-dealkylation sites (N-methyl/N-ethyl adjacent to an activating group) is 1. The number of benzene rings is 2. The maximum Gasteiger partial charge on any atom is 0.266 e. The standard InChI is InChI=1S/C24H28ClFN4O2S2/c1-15-5-4-6-16(11-15)17-7-8-22(30(2)3)21(12-17)28-20-14-19(26)23(13-18(20)25)34(31,32)29-24-27-9-10-33-24/h4-6,9-11,13-14,17,21-22,28H,7-8,12H2,1-3H3,(H,27,29)/t17-,21-,22-/m0/s1. The van der Waals surface area contributed by atoms with Crippen molar-refractivity contribution in [3.05, 3.63) is 69.9 Å². The van der Waals surface area contributed by atoms with Gasteiger partial charge in [-0.3, -0.25) is 4.72 Å². The quantitative estimate of drug-likeness (QED) is 0.415. The number of hydrogen-bond acceptors (Lipinski definition) is 6. The Bertz CT molecular complexity index is 1250. The van der Waals surface area contributed by atoms with Crippen LogP contribution >= 0.6 is 22.9 Å². The summed E-state index contributed by atoms with van der Waals surface area (Å²) < 4.78 is 42.6. The smallest absolute Gasteiger partial charge is 0.266 e.